The molecule has 4 nitrogen and oxygen atoms in total. The lowest BCUT2D eigenvalue weighted by atomic mass is 10.1. The Balaban J connectivity index is 2.50. The van der Waals surface area contributed by atoms with Crippen LogP contribution in [-0.2, 0) is 0 Å². The molecule has 1 aromatic carbocycles. The van der Waals surface area contributed by atoms with Crippen LogP contribution < -0.4 is 5.73 Å². The maximum absolute atomic E-state index is 11.8. The van der Waals surface area contributed by atoms with Crippen molar-refractivity contribution >= 4 is 11.5 Å². The fraction of sp³-hybridized carbons (Fsp3) is 0.417. The lowest BCUT2D eigenvalue weighted by molar-refractivity contribution is 0.0965. The Kier molecular flexibility index (Phi) is 4.95. The molecule has 0 aliphatic heterocycles. The minimum Gasteiger partial charge on any atom is -0.398 e. The number of benzene rings is 1. The van der Waals surface area contributed by atoms with Gasteiger partial charge in [-0.2, -0.15) is 0 Å². The molecule has 0 heterocycles. The van der Waals surface area contributed by atoms with E-state index in [-0.39, 0.29) is 12.4 Å². The monoisotopic (exact) mass is 222 g/mol. The molecule has 4 heteroatoms. The summed E-state index contributed by atoms with van der Waals surface area (Å²) >= 11 is 0. The highest BCUT2D eigenvalue weighted by atomic mass is 16.3. The first-order valence-electron chi connectivity index (χ1n) is 5.32. The van der Waals surface area contributed by atoms with Crippen LogP contribution in [0.5, 0.6) is 0 Å². The van der Waals surface area contributed by atoms with Crippen molar-refractivity contribution in [3.8, 4) is 0 Å². The Morgan fingerprint density at radius 1 is 1.38 bits per heavy atom. The van der Waals surface area contributed by atoms with Crippen molar-refractivity contribution in [1.82, 2.24) is 4.90 Å². The van der Waals surface area contributed by atoms with Gasteiger partial charge in [-0.05, 0) is 19.2 Å². The molecule has 1 rings (SSSR count). The van der Waals surface area contributed by atoms with E-state index in [1.54, 1.807) is 18.2 Å². The summed E-state index contributed by atoms with van der Waals surface area (Å²) in [5.74, 6) is 0.0443. The van der Waals surface area contributed by atoms with Crippen LogP contribution in [0.1, 0.15) is 16.8 Å². The zero-order valence-corrected chi connectivity index (χ0v) is 9.52. The van der Waals surface area contributed by atoms with Gasteiger partial charge in [0.2, 0.25) is 0 Å². The molecule has 0 aromatic heterocycles. The van der Waals surface area contributed by atoms with Crippen LogP contribution in [0.15, 0.2) is 24.3 Å². The summed E-state index contributed by atoms with van der Waals surface area (Å²) in [5, 5.41) is 8.72. The largest absolute Gasteiger partial charge is 0.398 e. The first kappa shape index (κ1) is 12.7. The molecule has 3 N–H and O–H groups in total. The lowest BCUT2D eigenvalue weighted by Gasteiger charge is -2.14. The molecule has 0 aliphatic rings. The fourth-order valence-electron chi connectivity index (χ4n) is 1.46. The average molecular weight is 222 g/mol. The van der Waals surface area contributed by atoms with Crippen LogP contribution in [0.3, 0.4) is 0 Å². The number of nitrogens with two attached hydrogens (primary N) is 1. The standard InChI is InChI=1S/C12H18N2O2/c1-14(8-9-15)7-6-12(16)10-4-2-3-5-11(10)13/h2-5,15H,6-9,13H2,1H3. The number of carbonyl (C=O) groups is 1. The molecule has 0 saturated heterocycles. The second kappa shape index (κ2) is 6.25. The lowest BCUT2D eigenvalue weighted by Crippen LogP contribution is -2.25. The number of Topliss-reactive ketones (excluding diaryl/α,β-unsaturated/α-hetero) is 1. The third-order valence-electron chi connectivity index (χ3n) is 2.46. The van der Waals surface area contributed by atoms with Gasteiger partial charge in [0, 0.05) is 30.8 Å². The quantitative estimate of drug-likeness (QED) is 0.551. The van der Waals surface area contributed by atoms with Gasteiger partial charge in [-0.15, -0.1) is 0 Å². The molecule has 0 aliphatic carbocycles. The minimum atomic E-state index is 0.0443. The van der Waals surface area contributed by atoms with Crippen LogP contribution in [0.25, 0.3) is 0 Å². The summed E-state index contributed by atoms with van der Waals surface area (Å²) in [6.07, 6.45) is 0.421. The number of para-hydroxylation sites is 1. The number of ketones is 1. The molecule has 88 valence electrons. The van der Waals surface area contributed by atoms with E-state index in [1.165, 1.54) is 0 Å². The summed E-state index contributed by atoms with van der Waals surface area (Å²) < 4.78 is 0. The zero-order valence-electron chi connectivity index (χ0n) is 9.52. The number of hydrogen-bond donors (Lipinski definition) is 2. The highest BCUT2D eigenvalue weighted by Gasteiger charge is 2.09. The Bertz CT molecular complexity index is 353. The molecule has 1 aromatic rings. The van der Waals surface area contributed by atoms with Crippen molar-refractivity contribution in [3.63, 3.8) is 0 Å². The molecule has 0 unspecified atom stereocenters. The number of aliphatic hydroxyl groups excluding tert-OH is 1. The van der Waals surface area contributed by atoms with Gasteiger partial charge in [-0.3, -0.25) is 4.79 Å². The van der Waals surface area contributed by atoms with Crippen molar-refractivity contribution in [2.45, 2.75) is 6.42 Å². The van der Waals surface area contributed by atoms with Gasteiger partial charge in [0.1, 0.15) is 0 Å². The van der Waals surface area contributed by atoms with Crippen molar-refractivity contribution in [2.75, 3.05) is 32.5 Å². The smallest absolute Gasteiger partial charge is 0.166 e. The maximum Gasteiger partial charge on any atom is 0.166 e. The zero-order chi connectivity index (χ0) is 12.0. The van der Waals surface area contributed by atoms with Crippen LogP contribution >= 0.6 is 0 Å². The van der Waals surface area contributed by atoms with Crippen molar-refractivity contribution in [3.05, 3.63) is 29.8 Å². The average Bonchev–Trinajstić information content (AvgIpc) is 2.27. The van der Waals surface area contributed by atoms with Crippen molar-refractivity contribution in [2.24, 2.45) is 0 Å². The Labute approximate surface area is 95.7 Å². The number of likely N-dealkylation sites (N-methyl/N-ethyl adjacent to an activating group) is 1. The van der Waals surface area contributed by atoms with E-state index in [0.29, 0.717) is 30.8 Å². The number of rotatable bonds is 6. The number of nitrogen functional groups attached to an aromatic ring is 1. The third-order valence-corrected chi connectivity index (χ3v) is 2.46. The van der Waals surface area contributed by atoms with E-state index in [4.69, 9.17) is 10.8 Å². The molecular formula is C12H18N2O2. The normalized spacial score (nSPS) is 10.7. The molecule has 0 fully saturated rings. The predicted molar refractivity (Wildman–Crippen MR) is 64.4 cm³/mol. The van der Waals surface area contributed by atoms with E-state index >= 15 is 0 Å². The molecule has 0 amide bonds. The summed E-state index contributed by atoms with van der Waals surface area (Å²) in [5.41, 5.74) is 6.82. The molecular weight excluding hydrogens is 204 g/mol. The van der Waals surface area contributed by atoms with Crippen LogP contribution in [0.2, 0.25) is 0 Å². The summed E-state index contributed by atoms with van der Waals surface area (Å²) in [6.45, 7) is 1.32. The highest BCUT2D eigenvalue weighted by Crippen LogP contribution is 2.12. The molecule has 0 radical (unpaired) electrons. The second-order valence-electron chi connectivity index (χ2n) is 3.79. The van der Waals surface area contributed by atoms with E-state index < -0.39 is 0 Å². The number of nitrogens with zero attached hydrogens (tertiary/aromatic N) is 1. The number of aliphatic hydroxyl groups is 1. The number of hydrogen-bond acceptors (Lipinski definition) is 4. The van der Waals surface area contributed by atoms with Gasteiger partial charge in [-0.1, -0.05) is 12.1 Å². The third kappa shape index (κ3) is 3.64. The van der Waals surface area contributed by atoms with E-state index in [2.05, 4.69) is 0 Å². The van der Waals surface area contributed by atoms with E-state index in [1.807, 2.05) is 18.0 Å². The Morgan fingerprint density at radius 3 is 2.69 bits per heavy atom. The SMILES string of the molecule is CN(CCO)CCC(=O)c1ccccc1N. The maximum atomic E-state index is 11.8. The van der Waals surface area contributed by atoms with Crippen LogP contribution in [-0.4, -0.2) is 42.5 Å². The first-order chi connectivity index (χ1) is 7.65. The van der Waals surface area contributed by atoms with E-state index in [9.17, 15) is 4.79 Å². The summed E-state index contributed by atoms with van der Waals surface area (Å²) in [4.78, 5) is 13.7. The van der Waals surface area contributed by atoms with Crippen molar-refractivity contribution in [1.29, 1.82) is 0 Å². The van der Waals surface area contributed by atoms with Gasteiger partial charge in [-0.25, -0.2) is 0 Å². The number of carbonyl (C=O) groups excluding carboxylic acids is 1. The first-order valence-corrected chi connectivity index (χ1v) is 5.32. The van der Waals surface area contributed by atoms with Crippen LogP contribution in [0.4, 0.5) is 5.69 Å². The second-order valence-corrected chi connectivity index (χ2v) is 3.79. The molecule has 0 atom stereocenters. The van der Waals surface area contributed by atoms with Gasteiger partial charge >= 0.3 is 0 Å². The number of anilines is 1. The fourth-order valence-corrected chi connectivity index (χ4v) is 1.46. The minimum absolute atomic E-state index is 0.0443. The molecule has 0 spiro atoms. The molecule has 0 saturated carbocycles. The van der Waals surface area contributed by atoms with Crippen LogP contribution in [0, 0.1) is 0 Å². The molecule has 16 heavy (non-hydrogen) atoms. The van der Waals surface area contributed by atoms with E-state index in [0.717, 1.165) is 0 Å². The van der Waals surface area contributed by atoms with Gasteiger partial charge in [0.25, 0.3) is 0 Å². The van der Waals surface area contributed by atoms with Gasteiger partial charge in [0.15, 0.2) is 5.78 Å². The van der Waals surface area contributed by atoms with Gasteiger partial charge in [0.05, 0.1) is 6.61 Å². The van der Waals surface area contributed by atoms with Crippen molar-refractivity contribution < 1.29 is 9.90 Å². The summed E-state index contributed by atoms with van der Waals surface area (Å²) in [7, 11) is 1.87. The predicted octanol–water partition coefficient (Wildman–Crippen LogP) is 0.766. The van der Waals surface area contributed by atoms with Gasteiger partial charge < -0.3 is 15.7 Å². The summed E-state index contributed by atoms with van der Waals surface area (Å²) in [6, 6.07) is 7.08. The Morgan fingerprint density at radius 2 is 2.06 bits per heavy atom. The molecule has 0 bridgehead atoms. The highest BCUT2D eigenvalue weighted by molar-refractivity contribution is 6.00. The Hall–Kier alpha value is -1.39. The topological polar surface area (TPSA) is 66.6 Å².